The molecule has 41 heavy (non-hydrogen) atoms. The van der Waals surface area contributed by atoms with E-state index in [4.69, 9.17) is 9.47 Å². The van der Waals surface area contributed by atoms with Gasteiger partial charge in [0, 0.05) is 42.4 Å². The lowest BCUT2D eigenvalue weighted by atomic mass is 9.65. The highest BCUT2D eigenvalue weighted by Crippen LogP contribution is 2.53. The summed E-state index contributed by atoms with van der Waals surface area (Å²) in [5.74, 6) is -0.136. The summed E-state index contributed by atoms with van der Waals surface area (Å²) in [4.78, 5) is 15.3. The number of likely N-dealkylation sites (tertiary alicyclic amines) is 1. The molecule has 3 aliphatic rings. The first kappa shape index (κ1) is 28.1. The van der Waals surface area contributed by atoms with Crippen LogP contribution in [0.3, 0.4) is 0 Å². The van der Waals surface area contributed by atoms with Crippen molar-refractivity contribution in [2.24, 2.45) is 10.8 Å². The quantitative estimate of drug-likeness (QED) is 0.333. The number of aliphatic hydroxyl groups excluding tert-OH is 1. The number of hydrogen-bond acceptors (Lipinski definition) is 5. The normalized spacial score (nSPS) is 29.3. The van der Waals surface area contributed by atoms with Crippen molar-refractivity contribution in [1.29, 1.82) is 0 Å². The number of hydrogen-bond donors (Lipinski definition) is 2. The number of nitrogens with one attached hydrogen (secondary N) is 1. The van der Waals surface area contributed by atoms with E-state index < -0.39 is 6.29 Å². The number of aliphatic hydroxyl groups is 1. The summed E-state index contributed by atoms with van der Waals surface area (Å²) >= 11 is 0. The number of benzene rings is 3. The zero-order valence-corrected chi connectivity index (χ0v) is 24.4. The van der Waals surface area contributed by atoms with Crippen LogP contribution in [0.15, 0.2) is 78.9 Å². The molecule has 0 radical (unpaired) electrons. The number of nitrogens with zero attached hydrogens (tertiary/aromatic N) is 1. The van der Waals surface area contributed by atoms with Crippen LogP contribution in [0.4, 0.5) is 5.69 Å². The van der Waals surface area contributed by atoms with Crippen LogP contribution in [0.1, 0.15) is 85.9 Å². The standard InChI is InChI=1S/C35H42N2O4/c1-34(2)18-29-19-35(3,22-34)23-37(29)20-30-17-31(25-11-9-24(21-38)10-12-25)41-33(40-30)27-13-15-28(16-14-27)36-32(39)26-7-5-4-6-8-26/h4-16,29-31,33,38H,17-23H2,1-3H3,(H,36,39). The van der Waals surface area contributed by atoms with Gasteiger partial charge in [0.05, 0.1) is 18.8 Å². The van der Waals surface area contributed by atoms with E-state index >= 15 is 0 Å². The second-order valence-corrected chi connectivity index (χ2v) is 13.4. The van der Waals surface area contributed by atoms with Gasteiger partial charge in [-0.2, -0.15) is 0 Å². The minimum Gasteiger partial charge on any atom is -0.392 e. The van der Waals surface area contributed by atoms with Crippen LogP contribution in [-0.4, -0.2) is 41.1 Å². The molecule has 2 heterocycles. The Morgan fingerprint density at radius 2 is 1.63 bits per heavy atom. The van der Waals surface area contributed by atoms with E-state index in [-0.39, 0.29) is 24.7 Å². The molecular formula is C35H42N2O4. The summed E-state index contributed by atoms with van der Waals surface area (Å²) in [5, 5.41) is 12.5. The van der Waals surface area contributed by atoms with E-state index in [1.54, 1.807) is 12.1 Å². The maximum atomic E-state index is 12.6. The summed E-state index contributed by atoms with van der Waals surface area (Å²) in [6.07, 6.45) is 3.96. The van der Waals surface area contributed by atoms with Crippen molar-refractivity contribution in [3.63, 3.8) is 0 Å². The molecule has 6 nitrogen and oxygen atoms in total. The Bertz CT molecular complexity index is 1340. The molecule has 216 valence electrons. The minimum atomic E-state index is -0.510. The van der Waals surface area contributed by atoms with E-state index in [1.165, 1.54) is 19.3 Å². The highest BCUT2D eigenvalue weighted by molar-refractivity contribution is 6.04. The van der Waals surface area contributed by atoms with E-state index in [9.17, 15) is 9.90 Å². The van der Waals surface area contributed by atoms with Gasteiger partial charge in [0.1, 0.15) is 0 Å². The summed E-state index contributed by atoms with van der Waals surface area (Å²) in [5.41, 5.74) is 5.01. The van der Waals surface area contributed by atoms with Crippen LogP contribution in [0, 0.1) is 10.8 Å². The average molecular weight is 555 g/mol. The van der Waals surface area contributed by atoms with Gasteiger partial charge in [-0.05, 0) is 65.5 Å². The molecule has 3 fully saturated rings. The molecule has 0 spiro atoms. The third kappa shape index (κ3) is 6.41. The Kier molecular flexibility index (Phi) is 7.77. The Morgan fingerprint density at radius 1 is 0.927 bits per heavy atom. The molecule has 6 rings (SSSR count). The Balaban J connectivity index is 1.19. The summed E-state index contributed by atoms with van der Waals surface area (Å²) in [6.45, 7) is 9.33. The van der Waals surface area contributed by atoms with Crippen molar-refractivity contribution < 1.29 is 19.4 Å². The Labute approximate surface area is 243 Å². The zero-order valence-electron chi connectivity index (χ0n) is 24.4. The van der Waals surface area contributed by atoms with Crippen LogP contribution in [0.2, 0.25) is 0 Å². The smallest absolute Gasteiger partial charge is 0.255 e. The predicted octanol–water partition coefficient (Wildman–Crippen LogP) is 6.88. The minimum absolute atomic E-state index is 0.0266. The second-order valence-electron chi connectivity index (χ2n) is 13.4. The van der Waals surface area contributed by atoms with Gasteiger partial charge in [0.15, 0.2) is 6.29 Å². The fraction of sp³-hybridized carbons (Fsp3) is 0.457. The van der Waals surface area contributed by atoms with Crippen molar-refractivity contribution >= 4 is 11.6 Å². The van der Waals surface area contributed by atoms with E-state index in [0.29, 0.717) is 22.4 Å². The van der Waals surface area contributed by atoms with Crippen molar-refractivity contribution in [3.8, 4) is 0 Å². The highest BCUT2D eigenvalue weighted by atomic mass is 16.7. The van der Waals surface area contributed by atoms with E-state index in [0.717, 1.165) is 41.9 Å². The SMILES string of the molecule is CC1(C)CC2CC(C)(CN2CC2CC(c3ccc(CO)cc3)OC(c3ccc(NC(=O)c4ccccc4)cc3)O2)C1. The molecule has 5 atom stereocenters. The largest absolute Gasteiger partial charge is 0.392 e. The molecule has 3 aromatic rings. The number of fused-ring (bicyclic) bond motifs is 2. The average Bonchev–Trinajstić information content (AvgIpc) is 3.20. The Hall–Kier alpha value is -3.03. The molecule has 0 aromatic heterocycles. The Morgan fingerprint density at radius 3 is 2.34 bits per heavy atom. The lowest BCUT2D eigenvalue weighted by Crippen LogP contribution is -2.42. The first-order valence-electron chi connectivity index (χ1n) is 14.9. The summed E-state index contributed by atoms with van der Waals surface area (Å²) in [6, 6.07) is 25.6. The van der Waals surface area contributed by atoms with Gasteiger partial charge in [-0.25, -0.2) is 0 Å². The van der Waals surface area contributed by atoms with Crippen LogP contribution in [0.25, 0.3) is 0 Å². The summed E-state index contributed by atoms with van der Waals surface area (Å²) in [7, 11) is 0. The van der Waals surface area contributed by atoms with Gasteiger partial charge in [-0.15, -0.1) is 0 Å². The fourth-order valence-electron chi connectivity index (χ4n) is 7.60. The highest BCUT2D eigenvalue weighted by Gasteiger charge is 2.50. The van der Waals surface area contributed by atoms with Crippen molar-refractivity contribution in [2.75, 3.05) is 18.4 Å². The molecule has 6 heteroatoms. The van der Waals surface area contributed by atoms with Crippen molar-refractivity contribution in [3.05, 3.63) is 101 Å². The number of anilines is 1. The van der Waals surface area contributed by atoms with Crippen LogP contribution in [-0.2, 0) is 16.1 Å². The number of carbonyl (C=O) groups excluding carboxylic acids is 1. The zero-order chi connectivity index (χ0) is 28.6. The molecule has 1 amide bonds. The van der Waals surface area contributed by atoms with Crippen LogP contribution >= 0.6 is 0 Å². The molecule has 2 bridgehead atoms. The van der Waals surface area contributed by atoms with Gasteiger partial charge in [-0.3, -0.25) is 9.69 Å². The molecule has 5 unspecified atom stereocenters. The predicted molar refractivity (Wildman–Crippen MR) is 160 cm³/mol. The van der Waals surface area contributed by atoms with Gasteiger partial charge in [0.2, 0.25) is 0 Å². The molecule has 1 aliphatic carbocycles. The lowest BCUT2D eigenvalue weighted by molar-refractivity contribution is -0.253. The first-order chi connectivity index (χ1) is 19.7. The molecule has 1 saturated carbocycles. The summed E-state index contributed by atoms with van der Waals surface area (Å²) < 4.78 is 13.2. The fourth-order valence-corrected chi connectivity index (χ4v) is 7.60. The molecule has 2 aliphatic heterocycles. The van der Waals surface area contributed by atoms with Gasteiger partial charge < -0.3 is 19.9 Å². The van der Waals surface area contributed by atoms with Crippen molar-refractivity contribution in [2.45, 2.75) is 77.6 Å². The maximum Gasteiger partial charge on any atom is 0.255 e. The number of carbonyl (C=O) groups is 1. The molecular weight excluding hydrogens is 512 g/mol. The van der Waals surface area contributed by atoms with Gasteiger partial charge in [-0.1, -0.05) is 75.4 Å². The maximum absolute atomic E-state index is 12.6. The number of ether oxygens (including phenoxy) is 2. The lowest BCUT2D eigenvalue weighted by Gasteiger charge is -2.41. The van der Waals surface area contributed by atoms with Gasteiger partial charge in [0.25, 0.3) is 5.91 Å². The van der Waals surface area contributed by atoms with E-state index in [1.807, 2.05) is 54.6 Å². The van der Waals surface area contributed by atoms with Crippen molar-refractivity contribution in [1.82, 2.24) is 4.90 Å². The topological polar surface area (TPSA) is 71.0 Å². The number of rotatable bonds is 7. The first-order valence-corrected chi connectivity index (χ1v) is 14.9. The van der Waals surface area contributed by atoms with Crippen LogP contribution < -0.4 is 5.32 Å². The number of amides is 1. The molecule has 3 aromatic carbocycles. The molecule has 2 saturated heterocycles. The third-order valence-corrected chi connectivity index (χ3v) is 9.05. The third-order valence-electron chi connectivity index (χ3n) is 9.05. The van der Waals surface area contributed by atoms with E-state index in [2.05, 4.69) is 43.1 Å². The van der Waals surface area contributed by atoms with Crippen LogP contribution in [0.5, 0.6) is 0 Å². The van der Waals surface area contributed by atoms with Gasteiger partial charge >= 0.3 is 0 Å². The molecule has 2 N–H and O–H groups in total. The monoisotopic (exact) mass is 554 g/mol. The second kappa shape index (κ2) is 11.3.